The molecule has 0 amide bonds. The first-order valence-corrected chi connectivity index (χ1v) is 10.7. The van der Waals surface area contributed by atoms with E-state index in [0.717, 1.165) is 18.2 Å². The third kappa shape index (κ3) is 5.13. The van der Waals surface area contributed by atoms with Crippen molar-refractivity contribution in [2.75, 3.05) is 7.11 Å². The van der Waals surface area contributed by atoms with Gasteiger partial charge in [-0.05, 0) is 48.4 Å². The van der Waals surface area contributed by atoms with E-state index in [0.29, 0.717) is 28.6 Å². The molecule has 0 saturated carbocycles. The fourth-order valence-corrected chi connectivity index (χ4v) is 3.60. The summed E-state index contributed by atoms with van der Waals surface area (Å²) in [7, 11) is 1.39. The van der Waals surface area contributed by atoms with Crippen LogP contribution >= 0.6 is 0 Å². The monoisotopic (exact) mass is 498 g/mol. The van der Waals surface area contributed by atoms with Crippen LogP contribution in [0.1, 0.15) is 17.0 Å². The summed E-state index contributed by atoms with van der Waals surface area (Å²) in [5.74, 6) is 0.325. The van der Waals surface area contributed by atoms with Gasteiger partial charge < -0.3 is 13.9 Å². The molecule has 1 aromatic heterocycles. The van der Waals surface area contributed by atoms with E-state index >= 15 is 0 Å². The Morgan fingerprint density at radius 1 is 1.14 bits per heavy atom. The number of hydrogen-bond donors (Lipinski definition) is 0. The Morgan fingerprint density at radius 3 is 2.57 bits per heavy atom. The molecule has 11 heteroatoms. The Labute approximate surface area is 209 Å². The van der Waals surface area contributed by atoms with Crippen LogP contribution in [-0.4, -0.2) is 21.9 Å². The van der Waals surface area contributed by atoms with Crippen LogP contribution in [-0.2, 0) is 6.42 Å². The molecular weight excluding hydrogens is 480 g/mol. The highest BCUT2D eigenvalue weighted by Crippen LogP contribution is 2.41. The van der Waals surface area contributed by atoms with Gasteiger partial charge in [-0.25, -0.2) is 4.98 Å². The maximum absolute atomic E-state index is 11.6. The smallest absolute Gasteiger partial charge is 0.318 e. The minimum Gasteiger partial charge on any atom is -0.493 e. The number of rotatable bonds is 9. The highest BCUT2D eigenvalue weighted by atomic mass is 16.6. The predicted octanol–water partition coefficient (Wildman–Crippen LogP) is 6.24. The number of nitro groups is 2. The van der Waals surface area contributed by atoms with E-state index in [4.69, 9.17) is 13.9 Å². The van der Waals surface area contributed by atoms with Crippen LogP contribution < -0.4 is 9.47 Å². The lowest BCUT2D eigenvalue weighted by Gasteiger charge is -2.15. The van der Waals surface area contributed by atoms with Crippen molar-refractivity contribution >= 4 is 34.1 Å². The van der Waals surface area contributed by atoms with Crippen LogP contribution in [0.25, 0.3) is 22.7 Å². The first-order chi connectivity index (χ1) is 17.8. The molecule has 3 aromatic carbocycles. The standard InChI is InChI=1S/C26H18N4O7/c1-3-6-17-11-16(12-18(15-27)26-28-20-7-4-5-8-22(20)37-26)13-24(35-2)25(17)36-23-10-9-19(29(31)32)14-21(23)30(33)34/h3-5,7-14H,1,6H2,2H3/b18-12+. The molecule has 0 aliphatic heterocycles. The van der Waals surface area contributed by atoms with Crippen molar-refractivity contribution in [2.24, 2.45) is 0 Å². The molecule has 0 fully saturated rings. The zero-order chi connectivity index (χ0) is 26.5. The molecule has 0 atom stereocenters. The topological polar surface area (TPSA) is 155 Å². The number of para-hydroxylation sites is 2. The molecule has 0 saturated heterocycles. The van der Waals surface area contributed by atoms with Gasteiger partial charge in [-0.3, -0.25) is 20.2 Å². The van der Waals surface area contributed by atoms with Crippen molar-refractivity contribution in [2.45, 2.75) is 6.42 Å². The second-order valence-electron chi connectivity index (χ2n) is 7.63. The summed E-state index contributed by atoms with van der Waals surface area (Å²) in [5, 5.41) is 32.4. The zero-order valence-corrected chi connectivity index (χ0v) is 19.4. The van der Waals surface area contributed by atoms with Crippen LogP contribution in [0, 0.1) is 31.6 Å². The number of aromatic nitrogens is 1. The lowest BCUT2D eigenvalue weighted by atomic mass is 10.0. The largest absolute Gasteiger partial charge is 0.493 e. The predicted molar refractivity (Wildman–Crippen MR) is 134 cm³/mol. The second-order valence-corrected chi connectivity index (χ2v) is 7.63. The van der Waals surface area contributed by atoms with Gasteiger partial charge in [0.15, 0.2) is 17.1 Å². The average Bonchev–Trinajstić information content (AvgIpc) is 3.32. The number of non-ortho nitro benzene ring substituents is 1. The first kappa shape index (κ1) is 24.6. The van der Waals surface area contributed by atoms with E-state index in [-0.39, 0.29) is 28.7 Å². The SMILES string of the molecule is C=CCc1cc(/C=C(\C#N)c2nc3ccccc3o2)cc(OC)c1Oc1ccc([N+](=O)[O-])cc1[N+](=O)[O-]. The molecule has 0 aliphatic rings. The molecular formula is C26H18N4O7. The van der Waals surface area contributed by atoms with Crippen LogP contribution in [0.3, 0.4) is 0 Å². The normalized spacial score (nSPS) is 11.1. The Kier molecular flexibility index (Phi) is 6.93. The van der Waals surface area contributed by atoms with Gasteiger partial charge in [0.25, 0.3) is 5.69 Å². The van der Waals surface area contributed by atoms with Crippen LogP contribution in [0.2, 0.25) is 0 Å². The number of nitriles is 1. The van der Waals surface area contributed by atoms with Gasteiger partial charge in [0.05, 0.1) is 23.0 Å². The third-order valence-corrected chi connectivity index (χ3v) is 5.26. The second kappa shape index (κ2) is 10.4. The molecule has 4 rings (SSSR count). The molecule has 4 aromatic rings. The maximum Gasteiger partial charge on any atom is 0.318 e. The zero-order valence-electron chi connectivity index (χ0n) is 19.4. The van der Waals surface area contributed by atoms with E-state index in [1.165, 1.54) is 7.11 Å². The van der Waals surface area contributed by atoms with Crippen molar-refractivity contribution in [3.8, 4) is 23.3 Å². The summed E-state index contributed by atoms with van der Waals surface area (Å²) in [6.07, 6.45) is 3.46. The number of nitro benzene ring substituents is 2. The van der Waals surface area contributed by atoms with Gasteiger partial charge in [-0.1, -0.05) is 18.2 Å². The molecule has 0 N–H and O–H groups in total. The Balaban J connectivity index is 1.79. The quantitative estimate of drug-likeness (QED) is 0.113. The van der Waals surface area contributed by atoms with E-state index in [1.54, 1.807) is 42.5 Å². The number of fused-ring (bicyclic) bond motifs is 1. The molecule has 37 heavy (non-hydrogen) atoms. The van der Waals surface area contributed by atoms with Gasteiger partial charge in [0, 0.05) is 11.6 Å². The van der Waals surface area contributed by atoms with Gasteiger partial charge in [-0.15, -0.1) is 6.58 Å². The average molecular weight is 498 g/mol. The van der Waals surface area contributed by atoms with E-state index in [9.17, 15) is 25.5 Å². The molecule has 0 aliphatic carbocycles. The summed E-state index contributed by atoms with van der Waals surface area (Å²) < 4.78 is 17.1. The van der Waals surface area contributed by atoms with Crippen molar-refractivity contribution in [3.63, 3.8) is 0 Å². The minimum atomic E-state index is -0.765. The maximum atomic E-state index is 11.6. The Hall–Kier alpha value is -5.50. The number of nitrogens with zero attached hydrogens (tertiary/aromatic N) is 4. The van der Waals surface area contributed by atoms with Crippen molar-refractivity contribution in [1.29, 1.82) is 5.26 Å². The summed E-state index contributed by atoms with van der Waals surface area (Å²) in [6.45, 7) is 3.74. The Morgan fingerprint density at radius 2 is 1.92 bits per heavy atom. The molecule has 1 heterocycles. The number of ether oxygens (including phenoxy) is 2. The van der Waals surface area contributed by atoms with Gasteiger partial charge in [0.2, 0.25) is 11.6 Å². The lowest BCUT2D eigenvalue weighted by Crippen LogP contribution is -2.00. The number of methoxy groups -OCH3 is 1. The highest BCUT2D eigenvalue weighted by molar-refractivity contribution is 5.89. The fraction of sp³-hybridized carbons (Fsp3) is 0.0769. The van der Waals surface area contributed by atoms with Gasteiger partial charge >= 0.3 is 5.69 Å². The molecule has 184 valence electrons. The summed E-state index contributed by atoms with van der Waals surface area (Å²) in [6, 6.07) is 15.6. The van der Waals surface area contributed by atoms with Crippen molar-refractivity contribution in [3.05, 3.63) is 104 Å². The van der Waals surface area contributed by atoms with Crippen LogP contribution in [0.15, 0.2) is 71.7 Å². The highest BCUT2D eigenvalue weighted by Gasteiger charge is 2.24. The van der Waals surface area contributed by atoms with E-state index in [1.807, 2.05) is 6.07 Å². The molecule has 0 radical (unpaired) electrons. The lowest BCUT2D eigenvalue weighted by molar-refractivity contribution is -0.394. The number of oxazole rings is 1. The van der Waals surface area contributed by atoms with Crippen LogP contribution in [0.4, 0.5) is 11.4 Å². The summed E-state index contributed by atoms with van der Waals surface area (Å²) >= 11 is 0. The van der Waals surface area contributed by atoms with E-state index in [2.05, 4.69) is 17.6 Å². The number of benzene rings is 3. The third-order valence-electron chi connectivity index (χ3n) is 5.26. The minimum absolute atomic E-state index is 0.148. The molecule has 0 bridgehead atoms. The number of hydrogen-bond acceptors (Lipinski definition) is 9. The van der Waals surface area contributed by atoms with E-state index < -0.39 is 21.2 Å². The molecule has 0 unspecified atom stereocenters. The van der Waals surface area contributed by atoms with Crippen molar-refractivity contribution in [1.82, 2.24) is 4.98 Å². The summed E-state index contributed by atoms with van der Waals surface area (Å²) in [5.41, 5.74) is 1.39. The van der Waals surface area contributed by atoms with Crippen LogP contribution in [0.5, 0.6) is 17.2 Å². The van der Waals surface area contributed by atoms with Gasteiger partial charge in [0.1, 0.15) is 17.2 Å². The van der Waals surface area contributed by atoms with Gasteiger partial charge in [-0.2, -0.15) is 5.26 Å². The molecule has 0 spiro atoms. The molecule has 11 nitrogen and oxygen atoms in total. The summed E-state index contributed by atoms with van der Waals surface area (Å²) in [4.78, 5) is 25.5. The fourth-order valence-electron chi connectivity index (χ4n) is 3.60. The Bertz CT molecular complexity index is 1580. The first-order valence-electron chi connectivity index (χ1n) is 10.7. The van der Waals surface area contributed by atoms with Crippen molar-refractivity contribution < 1.29 is 23.7 Å². The number of allylic oxidation sites excluding steroid dienone is 2.